The second kappa shape index (κ2) is 11.9. The highest BCUT2D eigenvalue weighted by Crippen LogP contribution is 2.35. The van der Waals surface area contributed by atoms with Crippen LogP contribution in [-0.2, 0) is 4.74 Å². The van der Waals surface area contributed by atoms with Gasteiger partial charge in [0.2, 0.25) is 5.88 Å². The molecule has 0 aromatic carbocycles. The summed E-state index contributed by atoms with van der Waals surface area (Å²) in [5.41, 5.74) is 6.95. The molecule has 4 N–H and O–H groups in total. The lowest BCUT2D eigenvalue weighted by atomic mass is 9.82. The van der Waals surface area contributed by atoms with Crippen LogP contribution in [0.4, 0.5) is 16.3 Å². The number of aryl methyl sites for hydroxylation is 1. The Balaban J connectivity index is 1.20. The molecule has 3 aromatic heterocycles. The van der Waals surface area contributed by atoms with E-state index in [-0.39, 0.29) is 23.6 Å². The number of nitrogens with two attached hydrogens (primary N) is 1. The lowest BCUT2D eigenvalue weighted by molar-refractivity contribution is 0.0383. The topological polar surface area (TPSA) is 149 Å². The maximum atomic E-state index is 13.5. The molecule has 0 spiro atoms. The standard InChI is InChI=1S/C28H39BrN8O4S/c1-16-33-25(40-18-8-10-28(5,11-9-18)35-26(39)41-27(2,3)4)22(42-16)24(38)34-17-7-6-12-36(14-17)19-13-20(29)37-21(19)23(30)31-15-32-37/h13,15,17-18H,6-12,14H2,1-5H3,(H,34,38)(H,35,39)(H2,30,31,32)/t17-,18?,28?/m1/s1. The van der Waals surface area contributed by atoms with Gasteiger partial charge in [-0.1, -0.05) is 0 Å². The summed E-state index contributed by atoms with van der Waals surface area (Å²) < 4.78 is 14.3. The summed E-state index contributed by atoms with van der Waals surface area (Å²) in [6.07, 6.45) is 5.64. The van der Waals surface area contributed by atoms with Gasteiger partial charge in [0.1, 0.15) is 28.2 Å². The van der Waals surface area contributed by atoms with Gasteiger partial charge < -0.3 is 30.7 Å². The SMILES string of the molecule is Cc1nc(OC2CCC(C)(NC(=O)OC(C)(C)C)CC2)c(C(=O)N[C@@H]2CCCN(c3cc(Br)n4ncnc(N)c34)C2)s1. The zero-order valence-corrected chi connectivity index (χ0v) is 27.1. The van der Waals surface area contributed by atoms with Crippen LogP contribution in [0.15, 0.2) is 17.0 Å². The molecule has 4 heterocycles. The molecule has 14 heteroatoms. The Hall–Kier alpha value is -3.13. The van der Waals surface area contributed by atoms with Crippen LogP contribution in [0.5, 0.6) is 5.88 Å². The first kappa shape index (κ1) is 30.3. The van der Waals surface area contributed by atoms with Gasteiger partial charge >= 0.3 is 6.09 Å². The molecule has 0 unspecified atom stereocenters. The molecule has 1 saturated carbocycles. The highest BCUT2D eigenvalue weighted by atomic mass is 79.9. The fraction of sp³-hybridized carbons (Fsp3) is 0.607. The molecule has 42 heavy (non-hydrogen) atoms. The van der Waals surface area contributed by atoms with E-state index in [2.05, 4.69) is 46.5 Å². The van der Waals surface area contributed by atoms with Crippen molar-refractivity contribution in [2.75, 3.05) is 23.7 Å². The first-order valence-corrected chi connectivity index (χ1v) is 15.9. The second-order valence-corrected chi connectivity index (χ2v) is 14.4. The van der Waals surface area contributed by atoms with Crippen molar-refractivity contribution >= 4 is 56.3 Å². The molecule has 0 bridgehead atoms. The molecule has 0 radical (unpaired) electrons. The molecule has 5 rings (SSSR count). The molecule has 228 valence electrons. The van der Waals surface area contributed by atoms with Crippen molar-refractivity contribution in [3.63, 3.8) is 0 Å². The highest BCUT2D eigenvalue weighted by Gasteiger charge is 2.36. The smallest absolute Gasteiger partial charge is 0.408 e. The number of carbonyl (C=O) groups is 2. The zero-order valence-electron chi connectivity index (χ0n) is 24.7. The number of rotatable bonds is 6. The molecule has 3 aromatic rings. The van der Waals surface area contributed by atoms with E-state index in [0.717, 1.165) is 65.9 Å². The van der Waals surface area contributed by atoms with Crippen LogP contribution < -0.4 is 26.0 Å². The monoisotopic (exact) mass is 662 g/mol. The molecule has 1 aliphatic carbocycles. The molecular weight excluding hydrogens is 624 g/mol. The Morgan fingerprint density at radius 2 is 1.98 bits per heavy atom. The first-order chi connectivity index (χ1) is 19.8. The Bertz CT molecular complexity index is 1460. The second-order valence-electron chi connectivity index (χ2n) is 12.4. The lowest BCUT2D eigenvalue weighted by Crippen LogP contribution is -2.51. The van der Waals surface area contributed by atoms with Crippen LogP contribution >= 0.6 is 27.3 Å². The van der Waals surface area contributed by atoms with Crippen LogP contribution in [0.2, 0.25) is 0 Å². The van der Waals surface area contributed by atoms with Crippen molar-refractivity contribution in [3.05, 3.63) is 26.9 Å². The first-order valence-electron chi connectivity index (χ1n) is 14.3. The van der Waals surface area contributed by atoms with Crippen LogP contribution in [0.1, 0.15) is 80.9 Å². The predicted molar refractivity (Wildman–Crippen MR) is 165 cm³/mol. The molecule has 2 amide bonds. The third-order valence-corrected chi connectivity index (χ3v) is 9.16. The molecule has 2 fully saturated rings. The Morgan fingerprint density at radius 1 is 1.24 bits per heavy atom. The quantitative estimate of drug-likeness (QED) is 0.337. The van der Waals surface area contributed by atoms with E-state index in [0.29, 0.717) is 23.1 Å². The highest BCUT2D eigenvalue weighted by molar-refractivity contribution is 9.10. The summed E-state index contributed by atoms with van der Waals surface area (Å²) in [6.45, 7) is 10.9. The number of hydrogen-bond donors (Lipinski definition) is 3. The van der Waals surface area contributed by atoms with Gasteiger partial charge in [-0.3, -0.25) is 4.79 Å². The normalized spacial score (nSPS) is 23.0. The molecule has 12 nitrogen and oxygen atoms in total. The van der Waals surface area contributed by atoms with Crippen molar-refractivity contribution in [1.29, 1.82) is 0 Å². The number of aromatic nitrogens is 4. The number of hydrogen-bond acceptors (Lipinski definition) is 10. The summed E-state index contributed by atoms with van der Waals surface area (Å²) in [7, 11) is 0. The minimum Gasteiger partial charge on any atom is -0.473 e. The van der Waals surface area contributed by atoms with E-state index in [1.54, 1.807) is 4.52 Å². The van der Waals surface area contributed by atoms with Crippen LogP contribution in [0.3, 0.4) is 0 Å². The van der Waals surface area contributed by atoms with Gasteiger partial charge in [0.25, 0.3) is 5.91 Å². The van der Waals surface area contributed by atoms with Gasteiger partial charge in [0, 0.05) is 24.7 Å². The maximum absolute atomic E-state index is 13.5. The number of fused-ring (bicyclic) bond motifs is 1. The number of amides is 2. The third-order valence-electron chi connectivity index (χ3n) is 7.64. The summed E-state index contributed by atoms with van der Waals surface area (Å²) in [5.74, 6) is 0.603. The van der Waals surface area contributed by atoms with E-state index in [4.69, 9.17) is 15.2 Å². The van der Waals surface area contributed by atoms with Crippen molar-refractivity contribution < 1.29 is 19.1 Å². The number of piperidine rings is 1. The van der Waals surface area contributed by atoms with Gasteiger partial charge in [-0.15, -0.1) is 11.3 Å². The Labute approximate surface area is 257 Å². The van der Waals surface area contributed by atoms with Crippen molar-refractivity contribution in [1.82, 2.24) is 30.2 Å². The number of nitrogens with one attached hydrogen (secondary N) is 2. The van der Waals surface area contributed by atoms with E-state index in [9.17, 15) is 9.59 Å². The van der Waals surface area contributed by atoms with Crippen molar-refractivity contribution in [2.24, 2.45) is 0 Å². The molecule has 1 atom stereocenters. The average Bonchev–Trinajstić information content (AvgIpc) is 3.44. The summed E-state index contributed by atoms with van der Waals surface area (Å²) in [5, 5.41) is 11.3. The number of nitrogen functional groups attached to an aromatic ring is 1. The molecule has 1 aliphatic heterocycles. The van der Waals surface area contributed by atoms with Gasteiger partial charge in [-0.25, -0.2) is 19.3 Å². The number of anilines is 2. The fourth-order valence-corrected chi connectivity index (χ4v) is 6.87. The maximum Gasteiger partial charge on any atom is 0.408 e. The average molecular weight is 664 g/mol. The Morgan fingerprint density at radius 3 is 2.69 bits per heavy atom. The molecular formula is C28H39BrN8O4S. The van der Waals surface area contributed by atoms with Gasteiger partial charge in [-0.2, -0.15) is 5.10 Å². The van der Waals surface area contributed by atoms with Crippen molar-refractivity contribution in [2.45, 2.75) is 96.4 Å². The predicted octanol–water partition coefficient (Wildman–Crippen LogP) is 4.84. The third kappa shape index (κ3) is 6.91. The summed E-state index contributed by atoms with van der Waals surface area (Å²) in [6, 6.07) is 1.93. The minimum absolute atomic E-state index is 0.0598. The molecule has 2 aliphatic rings. The van der Waals surface area contributed by atoms with Gasteiger partial charge in [0.05, 0.1) is 10.7 Å². The van der Waals surface area contributed by atoms with Crippen LogP contribution in [0, 0.1) is 6.92 Å². The van der Waals surface area contributed by atoms with E-state index >= 15 is 0 Å². The number of alkyl carbamates (subject to hydrolysis) is 1. The van der Waals surface area contributed by atoms with E-state index in [1.165, 1.54) is 17.7 Å². The molecule has 1 saturated heterocycles. The van der Waals surface area contributed by atoms with Crippen LogP contribution in [-0.4, -0.2) is 68.0 Å². The number of nitrogens with zero attached hydrogens (tertiary/aromatic N) is 5. The van der Waals surface area contributed by atoms with Gasteiger partial charge in [-0.05, 0) is 95.1 Å². The lowest BCUT2D eigenvalue weighted by Gasteiger charge is -2.38. The number of halogens is 1. The number of carbonyl (C=O) groups excluding carboxylic acids is 2. The number of thiazole rings is 1. The summed E-state index contributed by atoms with van der Waals surface area (Å²) >= 11 is 4.90. The van der Waals surface area contributed by atoms with Gasteiger partial charge in [0.15, 0.2) is 10.7 Å². The van der Waals surface area contributed by atoms with Crippen LogP contribution in [0.25, 0.3) is 5.52 Å². The number of ether oxygens (including phenoxy) is 2. The fourth-order valence-electron chi connectivity index (χ4n) is 5.63. The van der Waals surface area contributed by atoms with Crippen molar-refractivity contribution in [3.8, 4) is 5.88 Å². The summed E-state index contributed by atoms with van der Waals surface area (Å²) in [4.78, 5) is 37.2. The van der Waals surface area contributed by atoms with E-state index < -0.39 is 11.7 Å². The Kier molecular flexibility index (Phi) is 8.57. The van der Waals surface area contributed by atoms with E-state index in [1.807, 2.05) is 40.7 Å². The zero-order chi connectivity index (χ0) is 30.2. The largest absolute Gasteiger partial charge is 0.473 e. The minimum atomic E-state index is -0.548.